The molecule has 0 saturated carbocycles. The summed E-state index contributed by atoms with van der Waals surface area (Å²) in [5, 5.41) is 0. The summed E-state index contributed by atoms with van der Waals surface area (Å²) in [6.07, 6.45) is 8.67. The van der Waals surface area contributed by atoms with Crippen molar-refractivity contribution in [1.29, 1.82) is 0 Å². The van der Waals surface area contributed by atoms with Crippen molar-refractivity contribution >= 4 is 5.91 Å². The highest BCUT2D eigenvalue weighted by Crippen LogP contribution is 2.39. The molecule has 0 radical (unpaired) electrons. The van der Waals surface area contributed by atoms with Crippen molar-refractivity contribution in [3.8, 4) is 11.5 Å². The Hall–Kier alpha value is -2.53. The fraction of sp³-hybridized carbons (Fsp3) is 0.581. The first-order chi connectivity index (χ1) is 17.6. The predicted molar refractivity (Wildman–Crippen MR) is 146 cm³/mol. The van der Waals surface area contributed by atoms with Crippen LogP contribution in [0.25, 0.3) is 0 Å². The van der Waals surface area contributed by atoms with Gasteiger partial charge in [0, 0.05) is 25.7 Å². The van der Waals surface area contributed by atoms with Crippen molar-refractivity contribution in [2.75, 3.05) is 33.0 Å². The second-order valence-corrected chi connectivity index (χ2v) is 10.4. The van der Waals surface area contributed by atoms with Gasteiger partial charge in [0.2, 0.25) is 12.7 Å². The molecule has 1 saturated heterocycles. The maximum Gasteiger partial charge on any atom is 0.236 e. The van der Waals surface area contributed by atoms with Crippen LogP contribution in [0.1, 0.15) is 81.9 Å². The summed E-state index contributed by atoms with van der Waals surface area (Å²) < 4.78 is 11.2. The van der Waals surface area contributed by atoms with Crippen molar-refractivity contribution in [2.24, 2.45) is 0 Å². The van der Waals surface area contributed by atoms with E-state index in [0.29, 0.717) is 25.3 Å². The molecule has 5 heteroatoms. The van der Waals surface area contributed by atoms with Crippen LogP contribution in [0.4, 0.5) is 0 Å². The summed E-state index contributed by atoms with van der Waals surface area (Å²) in [5.41, 5.74) is 4.17. The van der Waals surface area contributed by atoms with Crippen molar-refractivity contribution in [1.82, 2.24) is 9.80 Å². The molecule has 0 spiro atoms. The van der Waals surface area contributed by atoms with Gasteiger partial charge in [0.1, 0.15) is 0 Å². The van der Waals surface area contributed by atoms with E-state index in [2.05, 4.69) is 67.0 Å². The Morgan fingerprint density at radius 1 is 0.944 bits per heavy atom. The smallest absolute Gasteiger partial charge is 0.236 e. The van der Waals surface area contributed by atoms with Crippen LogP contribution >= 0.6 is 0 Å². The maximum absolute atomic E-state index is 13.5. The number of amides is 1. The first-order valence-electron chi connectivity index (χ1n) is 14.1. The Bertz CT molecular complexity index is 984. The van der Waals surface area contributed by atoms with E-state index in [1.807, 2.05) is 6.07 Å². The van der Waals surface area contributed by atoms with E-state index in [1.165, 1.54) is 16.7 Å². The Morgan fingerprint density at radius 2 is 1.67 bits per heavy atom. The third-order valence-corrected chi connectivity index (χ3v) is 7.74. The van der Waals surface area contributed by atoms with Gasteiger partial charge in [0.15, 0.2) is 11.5 Å². The molecule has 0 aliphatic carbocycles. The molecule has 2 aliphatic rings. The normalized spacial score (nSPS) is 19.1. The van der Waals surface area contributed by atoms with Crippen molar-refractivity contribution < 1.29 is 14.3 Å². The highest BCUT2D eigenvalue weighted by molar-refractivity contribution is 5.78. The number of ether oxygens (including phenoxy) is 2. The highest BCUT2D eigenvalue weighted by atomic mass is 16.7. The largest absolute Gasteiger partial charge is 0.454 e. The van der Waals surface area contributed by atoms with Crippen LogP contribution < -0.4 is 9.47 Å². The van der Waals surface area contributed by atoms with Gasteiger partial charge < -0.3 is 14.4 Å². The number of unbranched alkanes of at least 4 members (excludes halogenated alkanes) is 2. The average molecular weight is 493 g/mol. The molecular weight excluding hydrogens is 448 g/mol. The molecule has 2 atom stereocenters. The Morgan fingerprint density at radius 3 is 2.39 bits per heavy atom. The Labute approximate surface area is 217 Å². The van der Waals surface area contributed by atoms with E-state index < -0.39 is 0 Å². The van der Waals surface area contributed by atoms with Gasteiger partial charge in [-0.15, -0.1) is 0 Å². The molecule has 0 N–H and O–H groups in total. The Balaban J connectivity index is 1.53. The zero-order valence-electron chi connectivity index (χ0n) is 22.5. The number of nitrogens with zero attached hydrogens (tertiary/aromatic N) is 2. The van der Waals surface area contributed by atoms with E-state index in [1.54, 1.807) is 0 Å². The number of carbonyl (C=O) groups is 1. The fourth-order valence-corrected chi connectivity index (χ4v) is 5.66. The van der Waals surface area contributed by atoms with E-state index in [9.17, 15) is 4.79 Å². The van der Waals surface area contributed by atoms with Crippen LogP contribution in [0.3, 0.4) is 0 Å². The number of hydrogen-bond acceptors (Lipinski definition) is 4. The lowest BCUT2D eigenvalue weighted by Gasteiger charge is -2.29. The molecule has 4 rings (SSSR count). The number of hydrogen-bond donors (Lipinski definition) is 0. The van der Waals surface area contributed by atoms with Crippen LogP contribution in [0.2, 0.25) is 0 Å². The topological polar surface area (TPSA) is 42.0 Å². The summed E-state index contributed by atoms with van der Waals surface area (Å²) in [5.74, 6) is 2.35. The van der Waals surface area contributed by atoms with E-state index >= 15 is 0 Å². The maximum atomic E-state index is 13.5. The molecule has 2 aromatic carbocycles. The number of benzene rings is 2. The molecule has 0 aromatic heterocycles. The minimum atomic E-state index is 0.287. The van der Waals surface area contributed by atoms with Crippen molar-refractivity contribution in [3.63, 3.8) is 0 Å². The lowest BCUT2D eigenvalue weighted by Crippen LogP contribution is -2.43. The van der Waals surface area contributed by atoms with Gasteiger partial charge in [-0.2, -0.15) is 0 Å². The minimum Gasteiger partial charge on any atom is -0.454 e. The van der Waals surface area contributed by atoms with Gasteiger partial charge in [0.25, 0.3) is 0 Å². The van der Waals surface area contributed by atoms with Gasteiger partial charge in [0.05, 0.1) is 6.54 Å². The number of likely N-dealkylation sites (tertiary alicyclic amines) is 1. The SMILES string of the molecule is CCCCN(CCCC)C(=O)CN1CC(c2ccc3c(c2)OCO3)C[C@@H]1Cc1ccccc1CCC. The van der Waals surface area contributed by atoms with Crippen molar-refractivity contribution in [2.45, 2.75) is 84.1 Å². The lowest BCUT2D eigenvalue weighted by atomic mass is 9.92. The number of rotatable bonds is 13. The minimum absolute atomic E-state index is 0.287. The average Bonchev–Trinajstić information content (AvgIpc) is 3.52. The zero-order valence-corrected chi connectivity index (χ0v) is 22.5. The Kier molecular flexibility index (Phi) is 9.68. The fourth-order valence-electron chi connectivity index (χ4n) is 5.66. The molecule has 0 bridgehead atoms. The van der Waals surface area contributed by atoms with Gasteiger partial charge in [-0.05, 0) is 66.8 Å². The summed E-state index contributed by atoms with van der Waals surface area (Å²) in [7, 11) is 0. The summed E-state index contributed by atoms with van der Waals surface area (Å²) in [4.78, 5) is 18.1. The molecule has 1 fully saturated rings. The van der Waals surface area contributed by atoms with Crippen LogP contribution in [0.15, 0.2) is 42.5 Å². The molecular formula is C31H44N2O3. The van der Waals surface area contributed by atoms with Crippen LogP contribution in [0.5, 0.6) is 11.5 Å². The number of fused-ring (bicyclic) bond motifs is 1. The number of carbonyl (C=O) groups excluding carboxylic acids is 1. The van der Waals surface area contributed by atoms with Crippen LogP contribution in [-0.2, 0) is 17.6 Å². The van der Waals surface area contributed by atoms with E-state index in [-0.39, 0.29) is 5.91 Å². The predicted octanol–water partition coefficient (Wildman–Crippen LogP) is 6.20. The monoisotopic (exact) mass is 492 g/mol. The first kappa shape index (κ1) is 26.5. The first-order valence-corrected chi connectivity index (χ1v) is 14.1. The molecule has 1 amide bonds. The molecule has 1 unspecified atom stereocenters. The van der Waals surface area contributed by atoms with Gasteiger partial charge in [-0.25, -0.2) is 0 Å². The molecule has 2 aromatic rings. The second kappa shape index (κ2) is 13.1. The standard InChI is InChI=1S/C31H44N2O3/c1-4-7-16-32(17-8-5-2)31(34)22-33-21-27(26-14-15-29-30(20-26)36-23-35-29)19-28(33)18-25-13-10-9-12-24(25)11-6-3/h9-10,12-15,20,27-28H,4-8,11,16-19,21-23H2,1-3H3/t27?,28-/m0/s1. The summed E-state index contributed by atoms with van der Waals surface area (Å²) >= 11 is 0. The van der Waals surface area contributed by atoms with Gasteiger partial charge in [-0.1, -0.05) is 70.4 Å². The zero-order chi connectivity index (χ0) is 25.3. The molecule has 2 heterocycles. The molecule has 36 heavy (non-hydrogen) atoms. The van der Waals surface area contributed by atoms with Crippen LogP contribution in [-0.4, -0.2) is 54.7 Å². The molecule has 5 nitrogen and oxygen atoms in total. The summed E-state index contributed by atoms with van der Waals surface area (Å²) in [6, 6.07) is 15.6. The quantitative estimate of drug-likeness (QED) is 0.334. The second-order valence-electron chi connectivity index (χ2n) is 10.4. The summed E-state index contributed by atoms with van der Waals surface area (Å²) in [6.45, 7) is 10.1. The number of aryl methyl sites for hydroxylation is 1. The third kappa shape index (κ3) is 6.61. The van der Waals surface area contributed by atoms with E-state index in [4.69, 9.17) is 9.47 Å². The highest BCUT2D eigenvalue weighted by Gasteiger charge is 2.35. The van der Waals surface area contributed by atoms with Gasteiger partial charge >= 0.3 is 0 Å². The van der Waals surface area contributed by atoms with Crippen LogP contribution in [0, 0.1) is 0 Å². The molecule has 196 valence electrons. The third-order valence-electron chi connectivity index (χ3n) is 7.74. The lowest BCUT2D eigenvalue weighted by molar-refractivity contribution is -0.132. The van der Waals surface area contributed by atoms with Gasteiger partial charge in [-0.3, -0.25) is 9.69 Å². The van der Waals surface area contributed by atoms with Crippen molar-refractivity contribution in [3.05, 3.63) is 59.2 Å². The van der Waals surface area contributed by atoms with E-state index in [0.717, 1.165) is 82.5 Å². The molecule has 2 aliphatic heterocycles.